The average molecular weight is 823 g/mol. The highest BCUT2D eigenvalue weighted by Gasteiger charge is 2.20. The predicted octanol–water partition coefficient (Wildman–Crippen LogP) is 17.7. The highest BCUT2D eigenvalue weighted by molar-refractivity contribution is 7.25. The second-order valence-electron chi connectivity index (χ2n) is 15.8. The average Bonchev–Trinajstić information content (AvgIpc) is 3.74. The van der Waals surface area contributed by atoms with Gasteiger partial charge in [-0.3, -0.25) is 0 Å². The molecule has 1 heterocycles. The molecule has 1 aromatic heterocycles. The van der Waals surface area contributed by atoms with E-state index < -0.39 is 0 Å². The van der Waals surface area contributed by atoms with Crippen LogP contribution in [0.15, 0.2) is 255 Å². The van der Waals surface area contributed by atoms with Gasteiger partial charge in [-0.1, -0.05) is 182 Å². The van der Waals surface area contributed by atoms with E-state index in [1.807, 2.05) is 11.3 Å². The van der Waals surface area contributed by atoms with Gasteiger partial charge in [-0.25, -0.2) is 0 Å². The van der Waals surface area contributed by atoms with Crippen LogP contribution in [0.1, 0.15) is 0 Å². The van der Waals surface area contributed by atoms with E-state index in [4.69, 9.17) is 0 Å². The summed E-state index contributed by atoms with van der Waals surface area (Å²) in [5.41, 5.74) is 16.0. The molecule has 0 unspecified atom stereocenters. The summed E-state index contributed by atoms with van der Waals surface area (Å²) in [6, 6.07) is 92.0. The number of rotatable bonds is 10. The summed E-state index contributed by atoms with van der Waals surface area (Å²) < 4.78 is 2.57. The van der Waals surface area contributed by atoms with Crippen LogP contribution in [0.2, 0.25) is 0 Å². The Kier molecular flexibility index (Phi) is 10.1. The van der Waals surface area contributed by atoms with E-state index in [9.17, 15) is 0 Å². The molecule has 0 atom stereocenters. The van der Waals surface area contributed by atoms with Gasteiger partial charge < -0.3 is 9.80 Å². The summed E-state index contributed by atoms with van der Waals surface area (Å²) >= 11 is 1.85. The number of anilines is 6. The van der Waals surface area contributed by atoms with Crippen LogP contribution >= 0.6 is 11.3 Å². The monoisotopic (exact) mass is 822 g/mol. The Morgan fingerprint density at radius 1 is 0.238 bits per heavy atom. The largest absolute Gasteiger partial charge is 0.310 e. The fourth-order valence-corrected chi connectivity index (χ4v) is 9.89. The van der Waals surface area contributed by atoms with Gasteiger partial charge in [0.25, 0.3) is 0 Å². The maximum absolute atomic E-state index is 2.42. The molecular formula is C60H42N2S. The van der Waals surface area contributed by atoms with Crippen molar-refractivity contribution in [2.45, 2.75) is 0 Å². The second-order valence-corrected chi connectivity index (χ2v) is 16.8. The van der Waals surface area contributed by atoms with E-state index in [-0.39, 0.29) is 0 Å². The molecule has 0 saturated carbocycles. The fraction of sp³-hybridized carbons (Fsp3) is 0. The standard InChI is InChI=1S/C60H42N2S/c1-4-15-43(16-5-1)46-27-33-50(34-28-46)61(51-35-29-47(30-36-51)44-17-6-2-7-18-44)53-22-14-21-49(41-53)55-23-10-12-25-58(55)62(52-37-31-48(32-38-52)45-19-8-3-9-20-45)54-39-40-57-56-24-11-13-26-59(56)63-60(57)42-54/h1-42H. The summed E-state index contributed by atoms with van der Waals surface area (Å²) in [6.07, 6.45) is 0. The lowest BCUT2D eigenvalue weighted by molar-refractivity contribution is 1.28. The molecule has 0 bridgehead atoms. The van der Waals surface area contributed by atoms with Crippen LogP contribution in [-0.4, -0.2) is 0 Å². The van der Waals surface area contributed by atoms with Crippen molar-refractivity contribution in [3.8, 4) is 44.5 Å². The Hall–Kier alpha value is -7.98. The zero-order valence-corrected chi connectivity index (χ0v) is 35.4. The topological polar surface area (TPSA) is 6.48 Å². The fourth-order valence-electron chi connectivity index (χ4n) is 8.75. The number of fused-ring (bicyclic) bond motifs is 3. The summed E-state index contributed by atoms with van der Waals surface area (Å²) in [5.74, 6) is 0. The maximum Gasteiger partial charge on any atom is 0.0540 e. The lowest BCUT2D eigenvalue weighted by Crippen LogP contribution is -2.12. The molecule has 0 spiro atoms. The van der Waals surface area contributed by atoms with Crippen LogP contribution < -0.4 is 9.80 Å². The van der Waals surface area contributed by atoms with Gasteiger partial charge in [0.2, 0.25) is 0 Å². The first-order valence-corrected chi connectivity index (χ1v) is 22.2. The Labute approximate surface area is 372 Å². The predicted molar refractivity (Wildman–Crippen MR) is 270 cm³/mol. The summed E-state index contributed by atoms with van der Waals surface area (Å²) in [5, 5.41) is 2.59. The van der Waals surface area contributed by atoms with Gasteiger partial charge in [0, 0.05) is 54.2 Å². The van der Waals surface area contributed by atoms with Crippen molar-refractivity contribution in [3.05, 3.63) is 255 Å². The number of benzene rings is 10. The van der Waals surface area contributed by atoms with E-state index in [2.05, 4.69) is 265 Å². The molecule has 0 N–H and O–H groups in total. The minimum Gasteiger partial charge on any atom is -0.310 e. The van der Waals surface area contributed by atoms with Crippen molar-refractivity contribution in [2.75, 3.05) is 9.80 Å². The Balaban J connectivity index is 1.03. The highest BCUT2D eigenvalue weighted by atomic mass is 32.1. The van der Waals surface area contributed by atoms with Crippen LogP contribution in [0.25, 0.3) is 64.7 Å². The van der Waals surface area contributed by atoms with Crippen molar-refractivity contribution >= 4 is 65.6 Å². The van der Waals surface area contributed by atoms with Crippen LogP contribution in [0.5, 0.6) is 0 Å². The molecular weight excluding hydrogens is 781 g/mol. The summed E-state index contributed by atoms with van der Waals surface area (Å²) in [7, 11) is 0. The molecule has 2 nitrogen and oxygen atoms in total. The highest BCUT2D eigenvalue weighted by Crippen LogP contribution is 2.45. The minimum atomic E-state index is 1.08. The molecule has 10 aromatic carbocycles. The number of hydrogen-bond donors (Lipinski definition) is 0. The second kappa shape index (κ2) is 16.8. The third kappa shape index (κ3) is 7.56. The van der Waals surface area contributed by atoms with E-state index in [0.717, 1.165) is 45.3 Å². The number of thiophene rings is 1. The molecule has 0 aliphatic carbocycles. The van der Waals surface area contributed by atoms with Gasteiger partial charge in [-0.15, -0.1) is 11.3 Å². The number of para-hydroxylation sites is 1. The lowest BCUT2D eigenvalue weighted by atomic mass is 9.99. The molecule has 11 rings (SSSR count). The molecule has 0 amide bonds. The van der Waals surface area contributed by atoms with Crippen LogP contribution in [0.4, 0.5) is 34.1 Å². The third-order valence-electron chi connectivity index (χ3n) is 11.9. The molecule has 3 heteroatoms. The third-order valence-corrected chi connectivity index (χ3v) is 13.0. The van der Waals surface area contributed by atoms with Crippen molar-refractivity contribution in [1.82, 2.24) is 0 Å². The first-order chi connectivity index (χ1) is 31.2. The van der Waals surface area contributed by atoms with Gasteiger partial charge in [-0.05, 0) is 112 Å². The first-order valence-electron chi connectivity index (χ1n) is 21.4. The maximum atomic E-state index is 2.42. The van der Waals surface area contributed by atoms with Crippen molar-refractivity contribution in [1.29, 1.82) is 0 Å². The van der Waals surface area contributed by atoms with Crippen molar-refractivity contribution in [3.63, 3.8) is 0 Å². The number of nitrogens with zero attached hydrogens (tertiary/aromatic N) is 2. The molecule has 0 saturated heterocycles. The van der Waals surface area contributed by atoms with E-state index in [0.29, 0.717) is 0 Å². The first kappa shape index (κ1) is 38.0. The normalized spacial score (nSPS) is 11.2. The van der Waals surface area contributed by atoms with Crippen molar-refractivity contribution < 1.29 is 0 Å². The Bertz CT molecular complexity index is 3220. The molecule has 0 radical (unpaired) electrons. The molecule has 63 heavy (non-hydrogen) atoms. The van der Waals surface area contributed by atoms with Crippen LogP contribution in [0.3, 0.4) is 0 Å². The Morgan fingerprint density at radius 2 is 0.651 bits per heavy atom. The van der Waals surface area contributed by atoms with Gasteiger partial charge >= 0.3 is 0 Å². The molecule has 298 valence electrons. The molecule has 0 fully saturated rings. The molecule has 11 aromatic rings. The van der Waals surface area contributed by atoms with Gasteiger partial charge in [-0.2, -0.15) is 0 Å². The minimum absolute atomic E-state index is 1.08. The van der Waals surface area contributed by atoms with E-state index >= 15 is 0 Å². The van der Waals surface area contributed by atoms with Crippen molar-refractivity contribution in [2.24, 2.45) is 0 Å². The summed E-state index contributed by atoms with van der Waals surface area (Å²) in [6.45, 7) is 0. The zero-order valence-electron chi connectivity index (χ0n) is 34.6. The molecule has 0 aliphatic rings. The summed E-state index contributed by atoms with van der Waals surface area (Å²) in [4.78, 5) is 4.79. The van der Waals surface area contributed by atoms with Gasteiger partial charge in [0.05, 0.1) is 5.69 Å². The van der Waals surface area contributed by atoms with Gasteiger partial charge in [0.1, 0.15) is 0 Å². The Morgan fingerprint density at radius 3 is 1.22 bits per heavy atom. The van der Waals surface area contributed by atoms with Gasteiger partial charge in [0.15, 0.2) is 0 Å². The molecule has 0 aliphatic heterocycles. The zero-order chi connectivity index (χ0) is 42.0. The van der Waals surface area contributed by atoms with E-state index in [1.165, 1.54) is 53.6 Å². The SMILES string of the molecule is c1ccc(-c2ccc(N(c3ccc(-c4ccccc4)cc3)c3cccc(-c4ccccc4N(c4ccc(-c5ccccc5)cc4)c4ccc5c(c4)sc4ccccc45)c3)cc2)cc1. The smallest absolute Gasteiger partial charge is 0.0540 e. The van der Waals surface area contributed by atoms with Crippen LogP contribution in [0, 0.1) is 0 Å². The number of hydrogen-bond acceptors (Lipinski definition) is 3. The lowest BCUT2D eigenvalue weighted by Gasteiger charge is -2.29. The van der Waals surface area contributed by atoms with Crippen LogP contribution in [-0.2, 0) is 0 Å². The quantitative estimate of drug-likeness (QED) is 0.136. The van der Waals surface area contributed by atoms with E-state index in [1.54, 1.807) is 0 Å².